The molecule has 25 heavy (non-hydrogen) atoms. The van der Waals surface area contributed by atoms with E-state index in [1.54, 1.807) is 30.6 Å². The van der Waals surface area contributed by atoms with E-state index in [1.807, 2.05) is 4.90 Å². The Hall–Kier alpha value is -3.31. The fourth-order valence-corrected chi connectivity index (χ4v) is 2.44. The van der Waals surface area contributed by atoms with Crippen LogP contribution in [0.3, 0.4) is 0 Å². The summed E-state index contributed by atoms with van der Waals surface area (Å²) < 4.78 is 5.30. The molecule has 1 saturated heterocycles. The number of non-ortho nitro benzene ring substituents is 1. The van der Waals surface area contributed by atoms with Gasteiger partial charge < -0.3 is 9.64 Å². The van der Waals surface area contributed by atoms with Crippen molar-refractivity contribution in [3.8, 4) is 6.07 Å². The molecule has 2 aromatic rings. The largest absolute Gasteiger partial charge is 0.378 e. The van der Waals surface area contributed by atoms with Crippen LogP contribution in [0.4, 0.5) is 11.6 Å². The highest BCUT2D eigenvalue weighted by molar-refractivity contribution is 5.89. The number of hydrogen-bond donors (Lipinski definition) is 0. The van der Waals surface area contributed by atoms with Crippen LogP contribution in [0.25, 0.3) is 11.6 Å². The van der Waals surface area contributed by atoms with Gasteiger partial charge in [0.15, 0.2) is 0 Å². The number of nitro groups is 1. The van der Waals surface area contributed by atoms with Crippen LogP contribution in [0, 0.1) is 21.4 Å². The van der Waals surface area contributed by atoms with Gasteiger partial charge >= 0.3 is 0 Å². The first kappa shape index (κ1) is 16.5. The van der Waals surface area contributed by atoms with Crippen LogP contribution in [-0.4, -0.2) is 41.2 Å². The Morgan fingerprint density at radius 2 is 1.88 bits per heavy atom. The van der Waals surface area contributed by atoms with Crippen molar-refractivity contribution in [3.05, 3.63) is 57.9 Å². The summed E-state index contributed by atoms with van der Waals surface area (Å²) in [6.07, 6.45) is 4.96. The van der Waals surface area contributed by atoms with E-state index >= 15 is 0 Å². The fourth-order valence-electron chi connectivity index (χ4n) is 2.44. The minimum Gasteiger partial charge on any atom is -0.378 e. The van der Waals surface area contributed by atoms with E-state index < -0.39 is 4.92 Å². The smallest absolute Gasteiger partial charge is 0.269 e. The SMILES string of the molecule is N#C/C(=C/c1cnc(N2CCOCC2)nc1)c1ccc([N+](=O)[O-])cc1. The van der Waals surface area contributed by atoms with Gasteiger partial charge in [0.1, 0.15) is 0 Å². The fraction of sp³-hybridized carbons (Fsp3) is 0.235. The number of morpholine rings is 1. The Kier molecular flexibility index (Phi) is 4.97. The quantitative estimate of drug-likeness (QED) is 0.479. The normalized spacial score (nSPS) is 14.8. The molecule has 126 valence electrons. The van der Waals surface area contributed by atoms with Crippen molar-refractivity contribution in [2.75, 3.05) is 31.2 Å². The number of ether oxygens (including phenoxy) is 1. The molecule has 1 aliphatic heterocycles. The van der Waals surface area contributed by atoms with Gasteiger partial charge in [0.05, 0.1) is 29.8 Å². The third-order valence-electron chi connectivity index (χ3n) is 3.77. The molecule has 0 bridgehead atoms. The van der Waals surface area contributed by atoms with Gasteiger partial charge in [0.2, 0.25) is 5.95 Å². The van der Waals surface area contributed by atoms with E-state index in [2.05, 4.69) is 16.0 Å². The van der Waals surface area contributed by atoms with Crippen molar-refractivity contribution in [3.63, 3.8) is 0 Å². The summed E-state index contributed by atoms with van der Waals surface area (Å²) in [5.41, 5.74) is 1.66. The number of benzene rings is 1. The van der Waals surface area contributed by atoms with Gasteiger partial charge in [-0.2, -0.15) is 5.26 Å². The van der Waals surface area contributed by atoms with Crippen LogP contribution in [-0.2, 0) is 4.74 Å². The lowest BCUT2D eigenvalue weighted by molar-refractivity contribution is -0.384. The molecule has 1 aromatic heterocycles. The van der Waals surface area contributed by atoms with E-state index in [-0.39, 0.29) is 5.69 Å². The van der Waals surface area contributed by atoms with Gasteiger partial charge in [0.25, 0.3) is 5.69 Å². The number of nitriles is 1. The molecule has 0 amide bonds. The van der Waals surface area contributed by atoms with E-state index in [0.29, 0.717) is 35.9 Å². The molecule has 3 rings (SSSR count). The molecular formula is C17H15N5O3. The zero-order valence-electron chi connectivity index (χ0n) is 13.3. The minimum atomic E-state index is -0.474. The third kappa shape index (κ3) is 3.97. The summed E-state index contributed by atoms with van der Waals surface area (Å²) in [6, 6.07) is 7.95. The first-order valence-electron chi connectivity index (χ1n) is 7.69. The molecule has 0 unspecified atom stereocenters. The molecule has 0 spiro atoms. The van der Waals surface area contributed by atoms with Crippen molar-refractivity contribution >= 4 is 23.3 Å². The Morgan fingerprint density at radius 3 is 2.44 bits per heavy atom. The van der Waals surface area contributed by atoms with Gasteiger partial charge in [0, 0.05) is 43.2 Å². The molecule has 2 heterocycles. The molecule has 1 aliphatic rings. The molecule has 1 fully saturated rings. The number of anilines is 1. The summed E-state index contributed by atoms with van der Waals surface area (Å²) in [5.74, 6) is 0.634. The summed E-state index contributed by atoms with van der Waals surface area (Å²) >= 11 is 0. The number of aromatic nitrogens is 2. The second-order valence-electron chi connectivity index (χ2n) is 5.39. The molecule has 0 N–H and O–H groups in total. The number of nitrogens with zero attached hydrogens (tertiary/aromatic N) is 5. The van der Waals surface area contributed by atoms with E-state index in [4.69, 9.17) is 4.74 Å². The number of hydrogen-bond acceptors (Lipinski definition) is 7. The monoisotopic (exact) mass is 337 g/mol. The second-order valence-corrected chi connectivity index (χ2v) is 5.39. The van der Waals surface area contributed by atoms with Crippen LogP contribution in [0.15, 0.2) is 36.7 Å². The van der Waals surface area contributed by atoms with E-state index in [0.717, 1.165) is 13.1 Å². The maximum absolute atomic E-state index is 10.7. The second kappa shape index (κ2) is 7.51. The molecule has 0 aliphatic carbocycles. The van der Waals surface area contributed by atoms with Crippen molar-refractivity contribution < 1.29 is 9.66 Å². The first-order valence-corrected chi connectivity index (χ1v) is 7.69. The molecule has 8 nitrogen and oxygen atoms in total. The topological polar surface area (TPSA) is 105 Å². The predicted molar refractivity (Wildman–Crippen MR) is 91.6 cm³/mol. The lowest BCUT2D eigenvalue weighted by Crippen LogP contribution is -2.37. The minimum absolute atomic E-state index is 0.0146. The highest BCUT2D eigenvalue weighted by Crippen LogP contribution is 2.21. The third-order valence-corrected chi connectivity index (χ3v) is 3.77. The molecular weight excluding hydrogens is 322 g/mol. The van der Waals surface area contributed by atoms with Crippen molar-refractivity contribution in [1.82, 2.24) is 9.97 Å². The lowest BCUT2D eigenvalue weighted by Gasteiger charge is -2.26. The van der Waals surface area contributed by atoms with Crippen LogP contribution >= 0.6 is 0 Å². The lowest BCUT2D eigenvalue weighted by atomic mass is 10.0. The van der Waals surface area contributed by atoms with Crippen LogP contribution in [0.1, 0.15) is 11.1 Å². The van der Waals surface area contributed by atoms with Crippen molar-refractivity contribution in [1.29, 1.82) is 5.26 Å². The zero-order chi connectivity index (χ0) is 17.6. The molecule has 0 saturated carbocycles. The summed E-state index contributed by atoms with van der Waals surface area (Å²) in [5, 5.41) is 20.1. The van der Waals surface area contributed by atoms with Crippen LogP contribution < -0.4 is 4.90 Å². The Labute approximate surface area is 144 Å². The summed E-state index contributed by atoms with van der Waals surface area (Å²) in [4.78, 5) is 20.9. The van der Waals surface area contributed by atoms with Gasteiger partial charge in [-0.25, -0.2) is 9.97 Å². The van der Waals surface area contributed by atoms with Crippen molar-refractivity contribution in [2.45, 2.75) is 0 Å². The van der Waals surface area contributed by atoms with Gasteiger partial charge in [-0.1, -0.05) is 0 Å². The maximum atomic E-state index is 10.7. The van der Waals surface area contributed by atoms with E-state index in [1.165, 1.54) is 12.1 Å². The molecule has 1 aromatic carbocycles. The van der Waals surface area contributed by atoms with Gasteiger partial charge in [-0.05, 0) is 23.8 Å². The average molecular weight is 337 g/mol. The number of rotatable bonds is 4. The first-order chi connectivity index (χ1) is 12.2. The molecule has 8 heteroatoms. The van der Waals surface area contributed by atoms with E-state index in [9.17, 15) is 15.4 Å². The maximum Gasteiger partial charge on any atom is 0.269 e. The highest BCUT2D eigenvalue weighted by atomic mass is 16.6. The number of allylic oxidation sites excluding steroid dienone is 1. The van der Waals surface area contributed by atoms with Gasteiger partial charge in [-0.15, -0.1) is 0 Å². The van der Waals surface area contributed by atoms with Crippen LogP contribution in [0.5, 0.6) is 0 Å². The predicted octanol–water partition coefficient (Wildman–Crippen LogP) is 2.29. The molecule has 0 radical (unpaired) electrons. The average Bonchev–Trinajstić information content (AvgIpc) is 2.67. The van der Waals surface area contributed by atoms with Gasteiger partial charge in [-0.3, -0.25) is 10.1 Å². The molecule has 0 atom stereocenters. The Morgan fingerprint density at radius 1 is 1.24 bits per heavy atom. The number of nitro benzene ring substituents is 1. The zero-order valence-corrected chi connectivity index (χ0v) is 13.3. The summed E-state index contributed by atoms with van der Waals surface area (Å²) in [6.45, 7) is 2.82. The Balaban J connectivity index is 1.79. The van der Waals surface area contributed by atoms with Crippen LogP contribution in [0.2, 0.25) is 0 Å². The highest BCUT2D eigenvalue weighted by Gasteiger charge is 2.13. The van der Waals surface area contributed by atoms with Crippen molar-refractivity contribution in [2.24, 2.45) is 0 Å². The standard InChI is InChI=1S/C17H15N5O3/c18-10-15(14-1-3-16(4-2-14)22(23)24)9-13-11-19-17(20-12-13)21-5-7-25-8-6-21/h1-4,9,11-12H,5-8H2/b15-9-. The Bertz CT molecular complexity index is 819. The summed E-state index contributed by atoms with van der Waals surface area (Å²) in [7, 11) is 0.